The number of aromatic nitrogens is 3. The Morgan fingerprint density at radius 1 is 1.16 bits per heavy atom. The van der Waals surface area contributed by atoms with Crippen molar-refractivity contribution in [2.75, 3.05) is 0 Å². The van der Waals surface area contributed by atoms with Crippen molar-refractivity contribution in [1.29, 1.82) is 0 Å². The molecule has 2 aromatic heterocycles. The van der Waals surface area contributed by atoms with Crippen molar-refractivity contribution in [1.82, 2.24) is 14.8 Å². The number of oxazole rings is 1. The highest BCUT2D eigenvalue weighted by molar-refractivity contribution is 4.95. The molecule has 0 aromatic carbocycles. The van der Waals surface area contributed by atoms with E-state index in [2.05, 4.69) is 14.5 Å². The first-order valence-corrected chi connectivity index (χ1v) is 4.67. The molecule has 4 nitrogen and oxygen atoms in total. The molecule has 2 aromatic rings. The molecule has 2 rings (SSSR count). The summed E-state index contributed by atoms with van der Waals surface area (Å²) in [5, 5.41) is 3.17. The zero-order chi connectivity index (χ0) is 14.7. The Kier molecular flexibility index (Phi) is 4.22. The smallest absolute Gasteiger partial charge is 0.441 e. The van der Waals surface area contributed by atoms with Crippen LogP contribution >= 0.6 is 0 Å². The molecule has 0 fully saturated rings. The number of rotatable bonds is 0. The van der Waals surface area contributed by atoms with Crippen molar-refractivity contribution in [3.05, 3.63) is 36.3 Å². The molecule has 0 aliphatic heterocycles. The fourth-order valence-electron chi connectivity index (χ4n) is 0.920. The third-order valence-corrected chi connectivity index (χ3v) is 1.66. The molecule has 19 heavy (non-hydrogen) atoms. The lowest BCUT2D eigenvalue weighted by molar-refractivity contribution is -0.212. The van der Waals surface area contributed by atoms with Crippen LogP contribution in [0.3, 0.4) is 0 Å². The summed E-state index contributed by atoms with van der Waals surface area (Å²) in [6, 6.07) is 1.30. The first-order valence-electron chi connectivity index (χ1n) is 4.67. The van der Waals surface area contributed by atoms with Gasteiger partial charge in [-0.2, -0.15) is 23.0 Å². The number of hydrogen-bond acceptors (Lipinski definition) is 3. The van der Waals surface area contributed by atoms with E-state index in [1.165, 1.54) is 13.0 Å². The molecule has 106 valence electrons. The topological polar surface area (TPSA) is 43.9 Å². The average molecular weight is 287 g/mol. The number of hydrogen-bond donors (Lipinski definition) is 0. The lowest BCUT2D eigenvalue weighted by Gasteiger charge is -2.03. The highest BCUT2D eigenvalue weighted by atomic mass is 19.4. The zero-order valence-electron chi connectivity index (χ0n) is 9.33. The van der Waals surface area contributed by atoms with Crippen molar-refractivity contribution in [2.45, 2.75) is 19.4 Å². The van der Waals surface area contributed by atoms with Gasteiger partial charge in [0.05, 0.1) is 11.9 Å². The van der Waals surface area contributed by atoms with E-state index in [-0.39, 0.29) is 4.68 Å². The van der Waals surface area contributed by atoms with Crippen LogP contribution in [0.4, 0.5) is 26.3 Å². The Hall–Kier alpha value is -2.00. The van der Waals surface area contributed by atoms with Gasteiger partial charge in [0.15, 0.2) is 0 Å². The molecule has 0 N–H and O–H groups in total. The van der Waals surface area contributed by atoms with Gasteiger partial charge in [-0.05, 0) is 13.0 Å². The molecule has 0 saturated carbocycles. The second kappa shape index (κ2) is 5.33. The normalized spacial score (nSPS) is 11.9. The molecular weight excluding hydrogens is 280 g/mol. The lowest BCUT2D eigenvalue weighted by Crippen LogP contribution is -2.16. The molecule has 0 saturated heterocycles. The van der Waals surface area contributed by atoms with Crippen molar-refractivity contribution < 1.29 is 30.8 Å². The Bertz CT molecular complexity index is 499. The van der Waals surface area contributed by atoms with Gasteiger partial charge in [-0.25, -0.2) is 4.98 Å². The zero-order valence-corrected chi connectivity index (χ0v) is 9.33. The third-order valence-electron chi connectivity index (χ3n) is 1.66. The highest BCUT2D eigenvalue weighted by Gasteiger charge is 2.36. The van der Waals surface area contributed by atoms with Crippen LogP contribution in [0.15, 0.2) is 29.1 Å². The van der Waals surface area contributed by atoms with Gasteiger partial charge >= 0.3 is 18.4 Å². The maximum absolute atomic E-state index is 11.7. The van der Waals surface area contributed by atoms with Crippen LogP contribution in [0, 0.1) is 6.92 Å². The Morgan fingerprint density at radius 3 is 2.00 bits per heavy atom. The highest BCUT2D eigenvalue weighted by Crippen LogP contribution is 2.26. The van der Waals surface area contributed by atoms with Crippen LogP contribution in [0.1, 0.15) is 11.6 Å². The Labute approximate surface area is 102 Å². The molecule has 2 heterocycles. The summed E-state index contributed by atoms with van der Waals surface area (Å²) >= 11 is 0. The van der Waals surface area contributed by atoms with Crippen LogP contribution < -0.4 is 0 Å². The largest absolute Gasteiger partial charge is 0.504 e. The maximum Gasteiger partial charge on any atom is 0.504 e. The summed E-state index contributed by atoms with van der Waals surface area (Å²) < 4.78 is 73.4. The monoisotopic (exact) mass is 287 g/mol. The molecule has 0 radical (unpaired) electrons. The van der Waals surface area contributed by atoms with Crippen molar-refractivity contribution in [3.63, 3.8) is 0 Å². The van der Waals surface area contributed by atoms with Gasteiger partial charge < -0.3 is 4.42 Å². The van der Waals surface area contributed by atoms with Crippen LogP contribution in [0.25, 0.3) is 0 Å². The summed E-state index contributed by atoms with van der Waals surface area (Å²) in [6.45, 7) is 1.50. The quantitative estimate of drug-likeness (QED) is 0.698. The minimum atomic E-state index is -4.45. The molecule has 0 aliphatic rings. The summed E-state index contributed by atoms with van der Waals surface area (Å²) in [5.41, 5.74) is 0.359. The van der Waals surface area contributed by atoms with Crippen molar-refractivity contribution in [3.8, 4) is 0 Å². The number of alkyl halides is 6. The van der Waals surface area contributed by atoms with Crippen LogP contribution in [-0.2, 0) is 12.5 Å². The summed E-state index contributed by atoms with van der Waals surface area (Å²) in [5.74, 6) is -1.21. The van der Waals surface area contributed by atoms with Gasteiger partial charge in [0.1, 0.15) is 6.26 Å². The molecule has 0 bridgehead atoms. The second-order valence-corrected chi connectivity index (χ2v) is 3.20. The maximum atomic E-state index is 11.7. The summed E-state index contributed by atoms with van der Waals surface area (Å²) in [7, 11) is 0. The molecular formula is C9H7F6N3O. The minimum absolute atomic E-state index is 0.0255. The molecule has 10 heteroatoms. The predicted octanol–water partition coefficient (Wildman–Crippen LogP) is 3.36. The van der Waals surface area contributed by atoms with Gasteiger partial charge in [0.2, 0.25) is 0 Å². The van der Waals surface area contributed by atoms with E-state index in [4.69, 9.17) is 0 Å². The van der Waals surface area contributed by atoms with E-state index in [1.54, 1.807) is 0 Å². The first-order chi connectivity index (χ1) is 8.60. The molecule has 0 amide bonds. The van der Waals surface area contributed by atoms with E-state index in [0.717, 1.165) is 18.7 Å². The lowest BCUT2D eigenvalue weighted by atomic mass is 10.5. The van der Waals surface area contributed by atoms with E-state index in [0.29, 0.717) is 5.69 Å². The summed E-state index contributed by atoms with van der Waals surface area (Å²) in [4.78, 5) is 2.90. The van der Waals surface area contributed by atoms with Gasteiger partial charge in [-0.1, -0.05) is 0 Å². The van der Waals surface area contributed by atoms with Crippen molar-refractivity contribution >= 4 is 0 Å². The first kappa shape index (κ1) is 15.1. The number of nitrogens with zero attached hydrogens (tertiary/aromatic N) is 3. The number of halogens is 6. The third kappa shape index (κ3) is 4.64. The average Bonchev–Trinajstić information content (AvgIpc) is 2.84. The molecule has 0 unspecified atom stereocenters. The standard InChI is InChI=1S/C5H5F3N2.C4H2F3NO/c1-4-2-3-10(9-4)5(6,7)8;5-4(6,7)3-8-1-2-9-3/h2-3H,1H3;1-2H. The Balaban J connectivity index is 0.000000191. The fourth-order valence-corrected chi connectivity index (χ4v) is 0.920. The van der Waals surface area contributed by atoms with Crippen LogP contribution in [-0.4, -0.2) is 14.8 Å². The number of aryl methyl sites for hydroxylation is 1. The second-order valence-electron chi connectivity index (χ2n) is 3.20. The van der Waals surface area contributed by atoms with E-state index >= 15 is 0 Å². The minimum Gasteiger partial charge on any atom is -0.441 e. The Morgan fingerprint density at radius 2 is 1.79 bits per heavy atom. The van der Waals surface area contributed by atoms with Gasteiger partial charge in [0, 0.05) is 6.20 Å². The fraction of sp³-hybridized carbons (Fsp3) is 0.333. The predicted molar refractivity (Wildman–Crippen MR) is 49.8 cm³/mol. The summed E-state index contributed by atoms with van der Waals surface area (Å²) in [6.07, 6.45) is -6.13. The van der Waals surface area contributed by atoms with Crippen LogP contribution in [0.2, 0.25) is 0 Å². The van der Waals surface area contributed by atoms with Gasteiger partial charge in [0.25, 0.3) is 0 Å². The van der Waals surface area contributed by atoms with Crippen molar-refractivity contribution in [2.24, 2.45) is 0 Å². The van der Waals surface area contributed by atoms with Gasteiger partial charge in [-0.15, -0.1) is 13.2 Å². The molecule has 0 aliphatic carbocycles. The van der Waals surface area contributed by atoms with E-state index < -0.39 is 18.4 Å². The molecule has 0 spiro atoms. The SMILES string of the molecule is Cc1ccn(C(F)(F)F)n1.FC(F)(F)c1ncco1. The van der Waals surface area contributed by atoms with Crippen LogP contribution in [0.5, 0.6) is 0 Å². The van der Waals surface area contributed by atoms with Gasteiger partial charge in [-0.3, -0.25) is 0 Å². The molecule has 0 atom stereocenters. The van der Waals surface area contributed by atoms with E-state index in [9.17, 15) is 26.3 Å². The van der Waals surface area contributed by atoms with E-state index in [1.807, 2.05) is 0 Å².